The molecule has 0 radical (unpaired) electrons. The average Bonchev–Trinajstić information content (AvgIpc) is 2.79. The van der Waals surface area contributed by atoms with Gasteiger partial charge in [-0.25, -0.2) is 0 Å². The lowest BCUT2D eigenvalue weighted by Crippen LogP contribution is -2.59. The second kappa shape index (κ2) is 4.97. The van der Waals surface area contributed by atoms with Gasteiger partial charge in [0, 0.05) is 0 Å². The van der Waals surface area contributed by atoms with E-state index in [-0.39, 0.29) is 23.0 Å². The molecule has 4 rings (SSSR count). The largest absolute Gasteiger partial charge is 0.393 e. The van der Waals surface area contributed by atoms with Gasteiger partial charge in [0.15, 0.2) is 0 Å². The molecule has 0 aromatic rings. The smallest absolute Gasteiger partial charge is 0.0596 e. The Morgan fingerprint density at radius 3 is 2.04 bits per heavy atom. The highest BCUT2D eigenvalue weighted by atomic mass is 16.3. The first-order valence-corrected chi connectivity index (χ1v) is 10.1. The summed E-state index contributed by atoms with van der Waals surface area (Å²) in [5.41, 5.74) is 0.655. The zero-order valence-corrected chi connectivity index (χ0v) is 15.5. The Balaban J connectivity index is 1.67. The van der Waals surface area contributed by atoms with E-state index in [4.69, 9.17) is 0 Å². The number of hydrogen-bond donors (Lipinski definition) is 2. The van der Waals surface area contributed by atoms with Gasteiger partial charge in [-0.2, -0.15) is 0 Å². The molecule has 2 nitrogen and oxygen atoms in total. The van der Waals surface area contributed by atoms with Gasteiger partial charge in [0.25, 0.3) is 0 Å². The molecule has 4 aliphatic carbocycles. The van der Waals surface area contributed by atoms with Gasteiger partial charge in [-0.05, 0) is 91.3 Å². The molecule has 0 aromatic carbocycles. The summed E-state index contributed by atoms with van der Waals surface area (Å²) in [7, 11) is 0. The van der Waals surface area contributed by atoms with Gasteiger partial charge in [-0.3, -0.25) is 0 Å². The molecular weight excluding hydrogens is 284 g/mol. The monoisotopic (exact) mass is 320 g/mol. The van der Waals surface area contributed by atoms with Crippen LogP contribution in [-0.2, 0) is 0 Å². The van der Waals surface area contributed by atoms with Crippen LogP contribution >= 0.6 is 0 Å². The van der Waals surface area contributed by atoms with E-state index < -0.39 is 0 Å². The molecule has 132 valence electrons. The van der Waals surface area contributed by atoms with E-state index in [0.717, 1.165) is 30.6 Å². The molecule has 0 saturated heterocycles. The van der Waals surface area contributed by atoms with Crippen molar-refractivity contribution in [2.45, 2.75) is 91.3 Å². The van der Waals surface area contributed by atoms with Crippen LogP contribution in [0.15, 0.2) is 0 Å². The summed E-state index contributed by atoms with van der Waals surface area (Å²) >= 11 is 0. The Bertz CT molecular complexity index is 486. The topological polar surface area (TPSA) is 40.5 Å². The third kappa shape index (κ3) is 2.00. The summed E-state index contributed by atoms with van der Waals surface area (Å²) in [5.74, 6) is 3.04. The summed E-state index contributed by atoms with van der Waals surface area (Å²) in [6, 6.07) is 0. The number of rotatable bonds is 0. The summed E-state index contributed by atoms with van der Waals surface area (Å²) in [6.07, 6.45) is 9.38. The van der Waals surface area contributed by atoms with Crippen LogP contribution in [0, 0.1) is 39.9 Å². The first kappa shape index (κ1) is 16.4. The van der Waals surface area contributed by atoms with Crippen LogP contribution in [-0.4, -0.2) is 22.4 Å². The molecule has 0 heterocycles. The van der Waals surface area contributed by atoms with Crippen LogP contribution in [0.2, 0.25) is 0 Å². The second-order valence-corrected chi connectivity index (χ2v) is 10.5. The fourth-order valence-electron chi connectivity index (χ4n) is 8.06. The molecule has 2 heteroatoms. The first-order valence-electron chi connectivity index (χ1n) is 10.1. The van der Waals surface area contributed by atoms with Gasteiger partial charge < -0.3 is 10.2 Å². The minimum Gasteiger partial charge on any atom is -0.393 e. The molecule has 4 fully saturated rings. The zero-order valence-electron chi connectivity index (χ0n) is 15.5. The van der Waals surface area contributed by atoms with Crippen LogP contribution in [0.3, 0.4) is 0 Å². The standard InChI is InChI=1S/C21H36O2/c1-19(2)16-7-5-13-14-6-8-18(23)21(14,4)11-9-15(13)20(16,3)12-10-17(19)22/h13-18,22-23H,5-12H2,1-4H3/t13-,14-,15-,16-,17+,18-,20+,21-/m0/s1. The van der Waals surface area contributed by atoms with Crippen LogP contribution in [0.25, 0.3) is 0 Å². The molecule has 0 bridgehead atoms. The Morgan fingerprint density at radius 2 is 1.30 bits per heavy atom. The van der Waals surface area contributed by atoms with Gasteiger partial charge in [-0.15, -0.1) is 0 Å². The van der Waals surface area contributed by atoms with Crippen LogP contribution in [0.5, 0.6) is 0 Å². The maximum absolute atomic E-state index is 10.6. The number of aliphatic hydroxyl groups excluding tert-OH is 2. The third-order valence-electron chi connectivity index (χ3n) is 9.53. The summed E-state index contributed by atoms with van der Waals surface area (Å²) < 4.78 is 0. The predicted molar refractivity (Wildman–Crippen MR) is 92.9 cm³/mol. The van der Waals surface area contributed by atoms with Gasteiger partial charge >= 0.3 is 0 Å². The highest BCUT2D eigenvalue weighted by Gasteiger charge is 2.62. The van der Waals surface area contributed by atoms with Crippen molar-refractivity contribution in [3.63, 3.8) is 0 Å². The van der Waals surface area contributed by atoms with E-state index in [2.05, 4.69) is 27.7 Å². The maximum Gasteiger partial charge on any atom is 0.0596 e. The highest BCUT2D eigenvalue weighted by Crippen LogP contribution is 2.68. The highest BCUT2D eigenvalue weighted by molar-refractivity contribution is 5.12. The van der Waals surface area contributed by atoms with Crippen molar-refractivity contribution in [1.29, 1.82) is 0 Å². The lowest BCUT2D eigenvalue weighted by molar-refractivity contribution is -0.180. The Kier molecular flexibility index (Phi) is 3.54. The molecule has 23 heavy (non-hydrogen) atoms. The minimum atomic E-state index is -0.126. The number of hydrogen-bond acceptors (Lipinski definition) is 2. The number of aliphatic hydroxyl groups is 2. The van der Waals surface area contributed by atoms with Gasteiger partial charge in [0.2, 0.25) is 0 Å². The van der Waals surface area contributed by atoms with Crippen LogP contribution in [0.1, 0.15) is 79.1 Å². The zero-order chi connectivity index (χ0) is 16.6. The van der Waals surface area contributed by atoms with E-state index >= 15 is 0 Å². The molecule has 4 saturated carbocycles. The lowest BCUT2D eigenvalue weighted by atomic mass is 9.41. The fourth-order valence-corrected chi connectivity index (χ4v) is 8.06. The molecular formula is C21H36O2. The second-order valence-electron chi connectivity index (χ2n) is 10.5. The van der Waals surface area contributed by atoms with Gasteiger partial charge in [0.1, 0.15) is 0 Å². The van der Waals surface area contributed by atoms with Crippen molar-refractivity contribution in [1.82, 2.24) is 0 Å². The lowest BCUT2D eigenvalue weighted by Gasteiger charge is -2.64. The van der Waals surface area contributed by atoms with Crippen molar-refractivity contribution in [2.75, 3.05) is 0 Å². The summed E-state index contributed by atoms with van der Waals surface area (Å²) in [6.45, 7) is 9.55. The van der Waals surface area contributed by atoms with Crippen molar-refractivity contribution >= 4 is 0 Å². The van der Waals surface area contributed by atoms with Crippen LogP contribution in [0.4, 0.5) is 0 Å². The molecule has 0 amide bonds. The van der Waals surface area contributed by atoms with E-state index in [0.29, 0.717) is 11.3 Å². The Morgan fingerprint density at radius 1 is 0.652 bits per heavy atom. The normalized spacial score (nSPS) is 58.2. The summed E-state index contributed by atoms with van der Waals surface area (Å²) in [5, 5.41) is 21.1. The molecule has 8 atom stereocenters. The van der Waals surface area contributed by atoms with E-state index in [1.807, 2.05) is 0 Å². The summed E-state index contributed by atoms with van der Waals surface area (Å²) in [4.78, 5) is 0. The van der Waals surface area contributed by atoms with E-state index in [9.17, 15) is 10.2 Å². The Labute approximate surface area is 142 Å². The Hall–Kier alpha value is -0.0800. The SMILES string of the molecule is CC1(C)[C@H](O)CC[C@]2(C)[C@H]3CC[C@]4(C)[C@@H](O)CC[C@H]4[C@@H]3CC[C@@H]12. The third-order valence-corrected chi connectivity index (χ3v) is 9.53. The maximum atomic E-state index is 10.6. The van der Waals surface area contributed by atoms with Crippen molar-refractivity contribution in [3.05, 3.63) is 0 Å². The van der Waals surface area contributed by atoms with Gasteiger partial charge in [0.05, 0.1) is 12.2 Å². The number of fused-ring (bicyclic) bond motifs is 5. The minimum absolute atomic E-state index is 0.0634. The molecule has 0 aliphatic heterocycles. The van der Waals surface area contributed by atoms with Crippen LogP contribution < -0.4 is 0 Å². The van der Waals surface area contributed by atoms with E-state index in [1.165, 1.54) is 38.5 Å². The quantitative estimate of drug-likeness (QED) is 0.695. The molecule has 0 spiro atoms. The van der Waals surface area contributed by atoms with Crippen molar-refractivity contribution < 1.29 is 10.2 Å². The molecule has 4 aliphatic rings. The fraction of sp³-hybridized carbons (Fsp3) is 1.00. The van der Waals surface area contributed by atoms with Crippen molar-refractivity contribution in [3.8, 4) is 0 Å². The molecule has 0 aromatic heterocycles. The van der Waals surface area contributed by atoms with E-state index in [1.54, 1.807) is 0 Å². The first-order chi connectivity index (χ1) is 10.7. The van der Waals surface area contributed by atoms with Gasteiger partial charge in [-0.1, -0.05) is 27.7 Å². The van der Waals surface area contributed by atoms with Crippen molar-refractivity contribution in [2.24, 2.45) is 39.9 Å². The average molecular weight is 321 g/mol. The predicted octanol–water partition coefficient (Wildman–Crippen LogP) is 4.39. The molecule has 2 N–H and O–H groups in total. The molecule has 0 unspecified atom stereocenters.